The van der Waals surface area contributed by atoms with Crippen LogP contribution in [0.2, 0.25) is 15.1 Å². The van der Waals surface area contributed by atoms with Crippen molar-refractivity contribution >= 4 is 34.8 Å². The van der Waals surface area contributed by atoms with Crippen molar-refractivity contribution in [2.75, 3.05) is 46.0 Å². The van der Waals surface area contributed by atoms with Crippen LogP contribution in [0.3, 0.4) is 0 Å². The van der Waals surface area contributed by atoms with Crippen LogP contribution in [0.1, 0.15) is 24.5 Å². The normalized spacial score (nSPS) is 14.6. The lowest BCUT2D eigenvalue weighted by molar-refractivity contribution is 0.0374. The molecule has 1 aliphatic heterocycles. The Hall–Kier alpha value is -1.21. The molecule has 0 atom stereocenters. The van der Waals surface area contributed by atoms with Gasteiger partial charge in [-0.15, -0.1) is 0 Å². The van der Waals surface area contributed by atoms with Crippen LogP contribution in [0.25, 0.3) is 0 Å². The maximum atomic E-state index is 6.54. The van der Waals surface area contributed by atoms with Crippen molar-refractivity contribution in [1.82, 2.24) is 10.2 Å². The molecule has 3 rings (SSSR count). The molecule has 0 bridgehead atoms. The fourth-order valence-corrected chi connectivity index (χ4v) is 4.01. The number of morpholine rings is 1. The molecule has 0 spiro atoms. The van der Waals surface area contributed by atoms with Crippen LogP contribution in [0.15, 0.2) is 30.3 Å². The van der Waals surface area contributed by atoms with Crippen molar-refractivity contribution in [3.05, 3.63) is 56.5 Å². The molecule has 1 N–H and O–H groups in total. The van der Waals surface area contributed by atoms with Crippen molar-refractivity contribution < 1.29 is 14.2 Å². The predicted molar refractivity (Wildman–Crippen MR) is 127 cm³/mol. The van der Waals surface area contributed by atoms with Crippen LogP contribution in [0.5, 0.6) is 11.5 Å². The van der Waals surface area contributed by atoms with E-state index in [1.54, 1.807) is 12.1 Å². The number of rotatable bonds is 11. The summed E-state index contributed by atoms with van der Waals surface area (Å²) in [5.41, 5.74) is 1.96. The second-order valence-corrected chi connectivity index (χ2v) is 8.58. The number of halogens is 3. The quantitative estimate of drug-likeness (QED) is 0.428. The Kier molecular flexibility index (Phi) is 10.0. The smallest absolute Gasteiger partial charge is 0.180 e. The molecule has 0 amide bonds. The van der Waals surface area contributed by atoms with Gasteiger partial charge in [-0.1, -0.05) is 40.9 Å². The number of hydrogen-bond acceptors (Lipinski definition) is 5. The minimum atomic E-state index is 0.315. The van der Waals surface area contributed by atoms with Crippen molar-refractivity contribution in [2.45, 2.75) is 26.5 Å². The van der Waals surface area contributed by atoms with Gasteiger partial charge in [0.05, 0.1) is 34.9 Å². The van der Waals surface area contributed by atoms with Gasteiger partial charge in [0.2, 0.25) is 0 Å². The molecule has 0 aromatic heterocycles. The zero-order valence-electron chi connectivity index (χ0n) is 17.8. The Bertz CT molecular complexity index is 845. The van der Waals surface area contributed by atoms with Gasteiger partial charge in [0, 0.05) is 19.6 Å². The summed E-state index contributed by atoms with van der Waals surface area (Å²) in [5, 5.41) is 5.02. The number of ether oxygens (including phenoxy) is 3. The van der Waals surface area contributed by atoms with Crippen molar-refractivity contribution in [1.29, 1.82) is 0 Å². The van der Waals surface area contributed by atoms with E-state index in [1.165, 1.54) is 0 Å². The maximum Gasteiger partial charge on any atom is 0.180 e. The first kappa shape index (κ1) is 24.4. The summed E-state index contributed by atoms with van der Waals surface area (Å²) in [6.07, 6.45) is 1.09. The zero-order chi connectivity index (χ0) is 22.1. The summed E-state index contributed by atoms with van der Waals surface area (Å²) in [7, 11) is 0. The van der Waals surface area contributed by atoms with E-state index in [2.05, 4.69) is 10.2 Å². The van der Waals surface area contributed by atoms with Crippen molar-refractivity contribution in [2.24, 2.45) is 0 Å². The highest BCUT2D eigenvalue weighted by atomic mass is 35.5. The Morgan fingerprint density at radius 3 is 2.48 bits per heavy atom. The largest absolute Gasteiger partial charge is 0.490 e. The maximum absolute atomic E-state index is 6.54. The summed E-state index contributed by atoms with van der Waals surface area (Å²) in [4.78, 5) is 2.44. The topological polar surface area (TPSA) is 43.0 Å². The van der Waals surface area contributed by atoms with E-state index < -0.39 is 0 Å². The fourth-order valence-electron chi connectivity index (χ4n) is 3.40. The van der Waals surface area contributed by atoms with Crippen LogP contribution in [-0.4, -0.2) is 50.9 Å². The molecule has 1 heterocycles. The van der Waals surface area contributed by atoms with Crippen LogP contribution < -0.4 is 14.8 Å². The molecule has 8 heteroatoms. The molecule has 2 aromatic carbocycles. The van der Waals surface area contributed by atoms with Gasteiger partial charge >= 0.3 is 0 Å². The summed E-state index contributed by atoms with van der Waals surface area (Å²) < 4.78 is 17.2. The molecular formula is C23H29Cl3N2O3. The zero-order valence-corrected chi connectivity index (χ0v) is 20.0. The van der Waals surface area contributed by atoms with E-state index in [-0.39, 0.29) is 0 Å². The third-order valence-electron chi connectivity index (χ3n) is 5.00. The summed E-state index contributed by atoms with van der Waals surface area (Å²) in [6, 6.07) is 9.31. The molecule has 170 valence electrons. The van der Waals surface area contributed by atoms with Crippen LogP contribution in [0, 0.1) is 0 Å². The molecular weight excluding hydrogens is 459 g/mol. The average Bonchev–Trinajstić information content (AvgIpc) is 2.76. The highest BCUT2D eigenvalue weighted by molar-refractivity contribution is 6.42. The van der Waals surface area contributed by atoms with Gasteiger partial charge in [-0.25, -0.2) is 0 Å². The standard InChI is InChI=1S/C23H29Cl3N2O3/c1-2-30-22-14-18(15-27-6-3-7-28-8-10-29-11-9-28)13-21(26)23(22)31-16-17-4-5-19(24)20(25)12-17/h4-5,12-14,27H,2-3,6-11,15-16H2,1H3. The monoisotopic (exact) mass is 486 g/mol. The van der Waals surface area contributed by atoms with E-state index >= 15 is 0 Å². The lowest BCUT2D eigenvalue weighted by Gasteiger charge is -2.26. The first-order valence-corrected chi connectivity index (χ1v) is 11.7. The first-order chi connectivity index (χ1) is 15.1. The molecule has 0 saturated carbocycles. The molecule has 0 radical (unpaired) electrons. The van der Waals surface area contributed by atoms with E-state index in [0.29, 0.717) is 39.8 Å². The molecule has 1 fully saturated rings. The third-order valence-corrected chi connectivity index (χ3v) is 6.02. The fraction of sp³-hybridized carbons (Fsp3) is 0.478. The number of hydrogen-bond donors (Lipinski definition) is 1. The Morgan fingerprint density at radius 1 is 0.968 bits per heavy atom. The average molecular weight is 488 g/mol. The van der Waals surface area contributed by atoms with E-state index in [9.17, 15) is 0 Å². The predicted octanol–water partition coefficient (Wildman–Crippen LogP) is 5.44. The highest BCUT2D eigenvalue weighted by Gasteiger charge is 2.14. The second-order valence-electron chi connectivity index (χ2n) is 7.36. The lowest BCUT2D eigenvalue weighted by atomic mass is 10.2. The third kappa shape index (κ3) is 7.70. The van der Waals surface area contributed by atoms with E-state index in [0.717, 1.165) is 63.5 Å². The Labute approximate surface area is 199 Å². The van der Waals surface area contributed by atoms with Gasteiger partial charge in [0.1, 0.15) is 6.61 Å². The SMILES string of the molecule is CCOc1cc(CNCCCN2CCOCC2)cc(Cl)c1OCc1ccc(Cl)c(Cl)c1. The van der Waals surface area contributed by atoms with Gasteiger partial charge in [0.25, 0.3) is 0 Å². The Morgan fingerprint density at radius 2 is 1.74 bits per heavy atom. The summed E-state index contributed by atoms with van der Waals surface area (Å²) in [5.74, 6) is 1.17. The van der Waals surface area contributed by atoms with Gasteiger partial charge in [0.15, 0.2) is 11.5 Å². The van der Waals surface area contributed by atoms with E-state index in [4.69, 9.17) is 49.0 Å². The minimum Gasteiger partial charge on any atom is -0.490 e. The van der Waals surface area contributed by atoms with Gasteiger partial charge < -0.3 is 19.5 Å². The lowest BCUT2D eigenvalue weighted by Crippen LogP contribution is -2.37. The molecule has 5 nitrogen and oxygen atoms in total. The number of nitrogens with one attached hydrogen (secondary N) is 1. The van der Waals surface area contributed by atoms with Crippen molar-refractivity contribution in [3.63, 3.8) is 0 Å². The molecule has 0 aliphatic carbocycles. The van der Waals surface area contributed by atoms with Crippen LogP contribution >= 0.6 is 34.8 Å². The van der Waals surface area contributed by atoms with E-state index in [1.807, 2.05) is 25.1 Å². The van der Waals surface area contributed by atoms with Crippen LogP contribution in [-0.2, 0) is 17.9 Å². The minimum absolute atomic E-state index is 0.315. The number of nitrogens with zero attached hydrogens (tertiary/aromatic N) is 1. The van der Waals surface area contributed by atoms with Gasteiger partial charge in [-0.05, 0) is 61.8 Å². The van der Waals surface area contributed by atoms with Crippen molar-refractivity contribution in [3.8, 4) is 11.5 Å². The first-order valence-electron chi connectivity index (χ1n) is 10.6. The van der Waals surface area contributed by atoms with Gasteiger partial charge in [-0.2, -0.15) is 0 Å². The second kappa shape index (κ2) is 12.7. The highest BCUT2D eigenvalue weighted by Crippen LogP contribution is 2.37. The summed E-state index contributed by atoms with van der Waals surface area (Å²) in [6.45, 7) is 9.25. The van der Waals surface area contributed by atoms with Gasteiger partial charge in [-0.3, -0.25) is 4.90 Å². The van der Waals surface area contributed by atoms with Crippen LogP contribution in [0.4, 0.5) is 0 Å². The molecule has 1 saturated heterocycles. The molecule has 0 unspecified atom stereocenters. The molecule has 2 aromatic rings. The molecule has 1 aliphatic rings. The summed E-state index contributed by atoms with van der Waals surface area (Å²) >= 11 is 18.6. The molecule has 31 heavy (non-hydrogen) atoms. The Balaban J connectivity index is 1.54. The number of benzene rings is 2.